The lowest BCUT2D eigenvalue weighted by atomic mass is 9.57. The number of amides is 1. The summed E-state index contributed by atoms with van der Waals surface area (Å²) in [5.41, 5.74) is -1.55. The van der Waals surface area contributed by atoms with Crippen molar-refractivity contribution in [3.8, 4) is 5.75 Å². The molecule has 1 fully saturated rings. The Morgan fingerprint density at radius 1 is 1.12 bits per heavy atom. The Morgan fingerprint density at radius 2 is 1.71 bits per heavy atom. The fraction of sp³-hybridized carbons (Fsp3) is 0.552. The highest BCUT2D eigenvalue weighted by Gasteiger charge is 2.64. The number of halogens is 3. The second kappa shape index (κ2) is 10.1. The number of aromatic hydroxyl groups is 1. The minimum absolute atomic E-state index is 0.165. The summed E-state index contributed by atoms with van der Waals surface area (Å²) in [6.07, 6.45) is -5.65. The van der Waals surface area contributed by atoms with E-state index in [0.29, 0.717) is 6.54 Å². The minimum atomic E-state index is -4.89. The molecule has 1 amide bonds. The number of nitrogens with zero attached hydrogens (tertiary/aromatic N) is 2. The molecule has 1 aromatic carbocycles. The van der Waals surface area contributed by atoms with Crippen LogP contribution in [0.25, 0.3) is 5.76 Å². The predicted octanol–water partition coefficient (Wildman–Crippen LogP) is 2.46. The summed E-state index contributed by atoms with van der Waals surface area (Å²) in [4.78, 5) is 42.1. The van der Waals surface area contributed by atoms with E-state index in [2.05, 4.69) is 0 Å². The van der Waals surface area contributed by atoms with Gasteiger partial charge in [0.15, 0.2) is 11.4 Å². The van der Waals surface area contributed by atoms with Crippen LogP contribution in [-0.4, -0.2) is 87.0 Å². The molecule has 3 aliphatic rings. The number of aliphatic hydroxyl groups is 3. The summed E-state index contributed by atoms with van der Waals surface area (Å²) in [7, 11) is 4.53. The van der Waals surface area contributed by atoms with Gasteiger partial charge in [-0.1, -0.05) is 20.8 Å². The van der Waals surface area contributed by atoms with E-state index < -0.39 is 98.7 Å². The summed E-state index contributed by atoms with van der Waals surface area (Å²) < 4.78 is 44.0. The fourth-order valence-corrected chi connectivity index (χ4v) is 7.02. The van der Waals surface area contributed by atoms with Crippen molar-refractivity contribution in [3.63, 3.8) is 0 Å². The van der Waals surface area contributed by atoms with Crippen LogP contribution in [0.4, 0.5) is 13.2 Å². The summed E-state index contributed by atoms with van der Waals surface area (Å²) in [5, 5.41) is 44.7. The van der Waals surface area contributed by atoms with E-state index in [1.807, 2.05) is 20.8 Å². The number of aliphatic hydroxyl groups excluding tert-OH is 2. The standard InChI is InChI=1S/C29H36F3N3O7/c1-27(2,3)11-35(6)10-13-9-16(36)18-14(20(13)29(30,31)32)7-12-8-15-21(34(4)5)23(38)19(26(33)41)25(40)28(15,42)24(39)17(12)22(18)37/h9,12,15,21,36-37,40,42H,7-8,10-11H2,1-6H3,(H2,33,41)/t12-,15-,21-,28-/m0/s1. The molecule has 6 N–H and O–H groups in total. The molecule has 4 rings (SSSR count). The van der Waals surface area contributed by atoms with Gasteiger partial charge in [-0.15, -0.1) is 0 Å². The van der Waals surface area contributed by atoms with E-state index in [1.54, 1.807) is 11.9 Å². The summed E-state index contributed by atoms with van der Waals surface area (Å²) in [6.45, 7) is 6.07. The summed E-state index contributed by atoms with van der Waals surface area (Å²) in [5.74, 6) is -9.04. The smallest absolute Gasteiger partial charge is 0.417 e. The number of primary amides is 1. The number of carbonyl (C=O) groups excluding carboxylic acids is 3. The summed E-state index contributed by atoms with van der Waals surface area (Å²) >= 11 is 0. The third-order valence-corrected chi connectivity index (χ3v) is 8.27. The predicted molar refractivity (Wildman–Crippen MR) is 145 cm³/mol. The largest absolute Gasteiger partial charge is 0.508 e. The van der Waals surface area contributed by atoms with Gasteiger partial charge in [0.05, 0.1) is 17.2 Å². The third-order valence-electron chi connectivity index (χ3n) is 8.27. The normalized spacial score (nSPS) is 26.5. The van der Waals surface area contributed by atoms with Crippen LogP contribution in [0, 0.1) is 17.3 Å². The SMILES string of the molecule is CN(Cc1cc(O)c2c(c1C(F)(F)F)C[C@H]1C[C@H]3[C@H](N(C)C)C(=O)C(C(N)=O)=C(O)[C@@]3(O)C(=O)C1=C2O)CC(C)(C)C. The highest BCUT2D eigenvalue weighted by Crippen LogP contribution is 2.54. The van der Waals surface area contributed by atoms with Crippen molar-refractivity contribution in [1.82, 2.24) is 9.80 Å². The van der Waals surface area contributed by atoms with Gasteiger partial charge in [0.25, 0.3) is 5.91 Å². The Hall–Kier alpha value is -3.42. The molecule has 0 aliphatic heterocycles. The first-order chi connectivity index (χ1) is 19.1. The second-order valence-electron chi connectivity index (χ2n) is 13.0. The number of benzene rings is 1. The number of carbonyl (C=O) groups is 3. The molecule has 0 unspecified atom stereocenters. The zero-order chi connectivity index (χ0) is 31.9. The first kappa shape index (κ1) is 31.5. The first-order valence-electron chi connectivity index (χ1n) is 13.4. The Labute approximate surface area is 240 Å². The van der Waals surface area contributed by atoms with Crippen LogP contribution in [0.15, 0.2) is 23.0 Å². The van der Waals surface area contributed by atoms with Crippen molar-refractivity contribution < 1.29 is 48.0 Å². The van der Waals surface area contributed by atoms with Crippen molar-refractivity contribution in [1.29, 1.82) is 0 Å². The molecule has 13 heteroatoms. The number of phenolic OH excluding ortho intramolecular Hbond substituents is 1. The molecular formula is C29H36F3N3O7. The molecule has 10 nitrogen and oxygen atoms in total. The van der Waals surface area contributed by atoms with Crippen LogP contribution in [-0.2, 0) is 33.5 Å². The van der Waals surface area contributed by atoms with Crippen LogP contribution in [0.3, 0.4) is 0 Å². The molecule has 3 aliphatic carbocycles. The molecule has 1 saturated carbocycles. The number of likely N-dealkylation sites (N-methyl/N-ethyl adjacent to an activating group) is 1. The van der Waals surface area contributed by atoms with E-state index in [4.69, 9.17) is 5.73 Å². The number of alkyl halides is 3. The molecular weight excluding hydrogens is 559 g/mol. The lowest BCUT2D eigenvalue weighted by molar-refractivity contribution is -0.153. The van der Waals surface area contributed by atoms with Gasteiger partial charge < -0.3 is 31.1 Å². The van der Waals surface area contributed by atoms with Crippen LogP contribution in [0.1, 0.15) is 49.4 Å². The molecule has 0 saturated heterocycles. The van der Waals surface area contributed by atoms with Gasteiger partial charge in [0, 0.05) is 24.6 Å². The van der Waals surface area contributed by atoms with Gasteiger partial charge in [-0.05, 0) is 62.5 Å². The Kier molecular flexibility index (Phi) is 7.57. The van der Waals surface area contributed by atoms with Gasteiger partial charge in [0.2, 0.25) is 5.78 Å². The number of hydrogen-bond donors (Lipinski definition) is 5. The van der Waals surface area contributed by atoms with Crippen molar-refractivity contribution >= 4 is 23.2 Å². The maximum absolute atomic E-state index is 14.7. The van der Waals surface area contributed by atoms with Gasteiger partial charge in [-0.3, -0.25) is 19.3 Å². The molecule has 0 heterocycles. The molecule has 4 atom stereocenters. The van der Waals surface area contributed by atoms with Crippen LogP contribution in [0.5, 0.6) is 5.75 Å². The topological polar surface area (TPSA) is 165 Å². The van der Waals surface area contributed by atoms with Gasteiger partial charge in [0.1, 0.15) is 22.8 Å². The average Bonchev–Trinajstić information content (AvgIpc) is 2.78. The zero-order valence-electron chi connectivity index (χ0n) is 24.3. The maximum Gasteiger partial charge on any atom is 0.417 e. The van der Waals surface area contributed by atoms with Crippen LogP contribution < -0.4 is 5.73 Å². The van der Waals surface area contributed by atoms with Gasteiger partial charge >= 0.3 is 6.18 Å². The van der Waals surface area contributed by atoms with Crippen molar-refractivity contribution in [3.05, 3.63) is 45.2 Å². The van der Waals surface area contributed by atoms with Crippen LogP contribution in [0.2, 0.25) is 0 Å². The van der Waals surface area contributed by atoms with Crippen molar-refractivity contribution in [2.24, 2.45) is 23.0 Å². The number of rotatable bonds is 5. The third kappa shape index (κ3) is 4.86. The molecule has 0 bridgehead atoms. The van der Waals surface area contributed by atoms with Crippen LogP contribution >= 0.6 is 0 Å². The number of fused-ring (bicyclic) bond motifs is 3. The van der Waals surface area contributed by atoms with Crippen molar-refractivity contribution in [2.75, 3.05) is 27.7 Å². The van der Waals surface area contributed by atoms with E-state index in [9.17, 15) is 48.0 Å². The van der Waals surface area contributed by atoms with Crippen molar-refractivity contribution in [2.45, 2.75) is 58.0 Å². The first-order valence-corrected chi connectivity index (χ1v) is 13.4. The number of Topliss-reactive ketones (excluding diaryl/α,β-unsaturated/α-hetero) is 2. The Morgan fingerprint density at radius 3 is 2.21 bits per heavy atom. The second-order valence-corrected chi connectivity index (χ2v) is 13.0. The maximum atomic E-state index is 14.7. The lowest BCUT2D eigenvalue weighted by Crippen LogP contribution is -2.65. The molecule has 0 spiro atoms. The average molecular weight is 596 g/mol. The molecule has 42 heavy (non-hydrogen) atoms. The number of ketones is 2. The highest BCUT2D eigenvalue weighted by molar-refractivity contribution is 6.24. The van der Waals surface area contributed by atoms with E-state index in [0.717, 1.165) is 6.07 Å². The quantitative estimate of drug-likeness (QED) is 0.322. The van der Waals surface area contributed by atoms with E-state index in [-0.39, 0.29) is 23.9 Å². The lowest BCUT2D eigenvalue weighted by Gasteiger charge is -2.50. The fourth-order valence-electron chi connectivity index (χ4n) is 7.02. The molecule has 1 aromatic rings. The monoisotopic (exact) mass is 595 g/mol. The summed E-state index contributed by atoms with van der Waals surface area (Å²) in [6, 6.07) is -0.428. The molecule has 0 radical (unpaired) electrons. The zero-order valence-corrected chi connectivity index (χ0v) is 24.3. The van der Waals surface area contributed by atoms with Gasteiger partial charge in [-0.25, -0.2) is 0 Å². The number of phenols is 1. The Balaban J connectivity index is 1.95. The van der Waals surface area contributed by atoms with E-state index >= 15 is 0 Å². The molecule has 230 valence electrons. The van der Waals surface area contributed by atoms with Gasteiger partial charge in [-0.2, -0.15) is 13.2 Å². The molecule has 0 aromatic heterocycles. The van der Waals surface area contributed by atoms with E-state index in [1.165, 1.54) is 19.0 Å². The highest BCUT2D eigenvalue weighted by atomic mass is 19.4. The number of hydrogen-bond acceptors (Lipinski definition) is 9. The Bertz CT molecular complexity index is 1440. The minimum Gasteiger partial charge on any atom is -0.508 e. The number of nitrogens with two attached hydrogens (primary N) is 1.